The van der Waals surface area contributed by atoms with Crippen molar-refractivity contribution in [1.29, 1.82) is 0 Å². The second-order valence-electron chi connectivity index (χ2n) is 3.89. The topological polar surface area (TPSA) is 0 Å². The Hall–Kier alpha value is -0.0800. The van der Waals surface area contributed by atoms with E-state index in [1.807, 2.05) is 0 Å². The third kappa shape index (κ3) is 4.84. The molecular formula is C14H18Br2. The van der Waals surface area contributed by atoms with Gasteiger partial charge in [0.2, 0.25) is 0 Å². The molecule has 0 unspecified atom stereocenters. The average Bonchev–Trinajstić information content (AvgIpc) is 2.29. The van der Waals surface area contributed by atoms with Crippen LogP contribution < -0.4 is 0 Å². The number of alkyl halides is 1. The zero-order valence-corrected chi connectivity index (χ0v) is 12.9. The number of halogens is 2. The number of hydrogen-bond acceptors (Lipinski definition) is 0. The first-order chi connectivity index (χ1) is 7.75. The molecule has 0 amide bonds. The van der Waals surface area contributed by atoms with Crippen molar-refractivity contribution in [2.45, 2.75) is 32.6 Å². The summed E-state index contributed by atoms with van der Waals surface area (Å²) in [7, 11) is 0. The van der Waals surface area contributed by atoms with Gasteiger partial charge in [0.05, 0.1) is 0 Å². The van der Waals surface area contributed by atoms with E-state index in [0.29, 0.717) is 0 Å². The highest BCUT2D eigenvalue weighted by Gasteiger charge is 1.97. The van der Waals surface area contributed by atoms with E-state index < -0.39 is 0 Å². The maximum atomic E-state index is 3.55. The Bertz CT molecular complexity index is 343. The molecule has 16 heavy (non-hydrogen) atoms. The molecule has 0 aliphatic carbocycles. The lowest BCUT2D eigenvalue weighted by atomic mass is 10.1. The summed E-state index contributed by atoms with van der Waals surface area (Å²) >= 11 is 7.00. The molecular weight excluding hydrogens is 328 g/mol. The fraction of sp³-hybridized carbons (Fsp3) is 0.429. The molecule has 0 aliphatic rings. The number of allylic oxidation sites excluding steroid dienone is 1. The van der Waals surface area contributed by atoms with Crippen LogP contribution in [0.5, 0.6) is 0 Å². The SMILES string of the molecule is Cc1c(Br)cccc1C=CCCCCCBr. The van der Waals surface area contributed by atoms with Crippen LogP contribution in [0.4, 0.5) is 0 Å². The zero-order valence-electron chi connectivity index (χ0n) is 9.68. The standard InChI is InChI=1S/C14H18Br2/c1-12-13(9-7-10-14(12)16)8-5-3-2-4-6-11-15/h5,7-10H,2-4,6,11H2,1H3. The first-order valence-corrected chi connectivity index (χ1v) is 7.64. The van der Waals surface area contributed by atoms with Crippen molar-refractivity contribution in [1.82, 2.24) is 0 Å². The highest BCUT2D eigenvalue weighted by Crippen LogP contribution is 2.20. The lowest BCUT2D eigenvalue weighted by molar-refractivity contribution is 0.738. The van der Waals surface area contributed by atoms with Crippen LogP contribution in [0.1, 0.15) is 36.8 Å². The van der Waals surface area contributed by atoms with Gasteiger partial charge in [-0.05, 0) is 43.4 Å². The predicted octanol–water partition coefficient (Wildman–Crippen LogP) is 5.73. The van der Waals surface area contributed by atoms with Crippen LogP contribution in [0.15, 0.2) is 28.7 Å². The minimum atomic E-state index is 1.13. The van der Waals surface area contributed by atoms with Gasteiger partial charge in [-0.1, -0.05) is 62.6 Å². The van der Waals surface area contributed by atoms with E-state index >= 15 is 0 Å². The van der Waals surface area contributed by atoms with Crippen LogP contribution in [0.2, 0.25) is 0 Å². The van der Waals surface area contributed by atoms with Gasteiger partial charge in [-0.15, -0.1) is 0 Å². The summed E-state index contributed by atoms with van der Waals surface area (Å²) in [6.45, 7) is 2.15. The molecule has 0 radical (unpaired) electrons. The molecule has 1 rings (SSSR count). The first-order valence-electron chi connectivity index (χ1n) is 5.73. The van der Waals surface area contributed by atoms with Crippen LogP contribution in [0, 0.1) is 6.92 Å². The molecule has 0 N–H and O–H groups in total. The summed E-state index contributed by atoms with van der Waals surface area (Å²) in [5.74, 6) is 0. The normalized spacial score (nSPS) is 11.2. The van der Waals surface area contributed by atoms with Gasteiger partial charge in [0.15, 0.2) is 0 Å². The molecule has 2 heteroatoms. The maximum Gasteiger partial charge on any atom is 0.0210 e. The van der Waals surface area contributed by atoms with Gasteiger partial charge in [0, 0.05) is 9.80 Å². The molecule has 0 saturated carbocycles. The van der Waals surface area contributed by atoms with Gasteiger partial charge < -0.3 is 0 Å². The van der Waals surface area contributed by atoms with Crippen molar-refractivity contribution < 1.29 is 0 Å². The van der Waals surface area contributed by atoms with E-state index in [1.54, 1.807) is 0 Å². The molecule has 0 fully saturated rings. The van der Waals surface area contributed by atoms with E-state index in [4.69, 9.17) is 0 Å². The minimum absolute atomic E-state index is 1.13. The van der Waals surface area contributed by atoms with E-state index in [9.17, 15) is 0 Å². The Morgan fingerprint density at radius 2 is 2.00 bits per heavy atom. The lowest BCUT2D eigenvalue weighted by Gasteiger charge is -2.02. The summed E-state index contributed by atoms with van der Waals surface area (Å²) in [6.07, 6.45) is 9.57. The van der Waals surface area contributed by atoms with E-state index in [2.05, 4.69) is 69.1 Å². The van der Waals surface area contributed by atoms with Crippen molar-refractivity contribution in [3.63, 3.8) is 0 Å². The first kappa shape index (κ1) is 14.0. The van der Waals surface area contributed by atoms with Crippen LogP contribution in [0.25, 0.3) is 6.08 Å². The van der Waals surface area contributed by atoms with Crippen molar-refractivity contribution >= 4 is 37.9 Å². The van der Waals surface area contributed by atoms with Crippen molar-refractivity contribution in [3.8, 4) is 0 Å². The largest absolute Gasteiger partial charge is 0.0928 e. The molecule has 1 aromatic carbocycles. The molecule has 0 aliphatic heterocycles. The molecule has 0 heterocycles. The molecule has 0 spiro atoms. The molecule has 0 saturated heterocycles. The van der Waals surface area contributed by atoms with Crippen molar-refractivity contribution in [2.24, 2.45) is 0 Å². The van der Waals surface area contributed by atoms with Gasteiger partial charge in [0.25, 0.3) is 0 Å². The Balaban J connectivity index is 2.41. The second-order valence-corrected chi connectivity index (χ2v) is 5.54. The second kappa shape index (κ2) is 8.08. The monoisotopic (exact) mass is 344 g/mol. The third-order valence-electron chi connectivity index (χ3n) is 2.61. The van der Waals surface area contributed by atoms with E-state index in [0.717, 1.165) is 5.33 Å². The van der Waals surface area contributed by atoms with E-state index in [-0.39, 0.29) is 0 Å². The Labute approximate surface area is 115 Å². The summed E-state index contributed by atoms with van der Waals surface area (Å²) in [5.41, 5.74) is 2.63. The smallest absolute Gasteiger partial charge is 0.0210 e. The summed E-state index contributed by atoms with van der Waals surface area (Å²) in [4.78, 5) is 0. The average molecular weight is 346 g/mol. The van der Waals surface area contributed by atoms with Crippen molar-refractivity contribution in [3.05, 3.63) is 39.9 Å². The fourth-order valence-corrected chi connectivity index (χ4v) is 2.33. The lowest BCUT2D eigenvalue weighted by Crippen LogP contribution is -1.81. The summed E-state index contributed by atoms with van der Waals surface area (Å²) < 4.78 is 1.19. The molecule has 0 bridgehead atoms. The predicted molar refractivity (Wildman–Crippen MR) is 80.2 cm³/mol. The van der Waals surface area contributed by atoms with Crippen molar-refractivity contribution in [2.75, 3.05) is 5.33 Å². The van der Waals surface area contributed by atoms with Crippen LogP contribution in [-0.2, 0) is 0 Å². The minimum Gasteiger partial charge on any atom is -0.0928 e. The van der Waals surface area contributed by atoms with Crippen LogP contribution in [-0.4, -0.2) is 5.33 Å². The number of benzene rings is 1. The number of rotatable bonds is 6. The third-order valence-corrected chi connectivity index (χ3v) is 4.03. The number of hydrogen-bond donors (Lipinski definition) is 0. The van der Waals surface area contributed by atoms with Gasteiger partial charge in [-0.2, -0.15) is 0 Å². The van der Waals surface area contributed by atoms with Gasteiger partial charge in [-0.3, -0.25) is 0 Å². The highest BCUT2D eigenvalue weighted by atomic mass is 79.9. The molecule has 1 aromatic rings. The molecule has 0 atom stereocenters. The summed E-state index contributed by atoms with van der Waals surface area (Å²) in [6, 6.07) is 6.33. The van der Waals surface area contributed by atoms with Gasteiger partial charge in [0.1, 0.15) is 0 Å². The fourth-order valence-electron chi connectivity index (χ4n) is 1.55. The molecule has 0 aromatic heterocycles. The van der Waals surface area contributed by atoms with Gasteiger partial charge in [-0.25, -0.2) is 0 Å². The summed E-state index contributed by atoms with van der Waals surface area (Å²) in [5, 5.41) is 1.13. The zero-order chi connectivity index (χ0) is 11.8. The quantitative estimate of drug-likeness (QED) is 0.456. The van der Waals surface area contributed by atoms with Crippen LogP contribution in [0.3, 0.4) is 0 Å². The van der Waals surface area contributed by atoms with Crippen LogP contribution >= 0.6 is 31.9 Å². The Morgan fingerprint density at radius 1 is 1.19 bits per heavy atom. The molecule has 0 nitrogen and oxygen atoms in total. The van der Waals surface area contributed by atoms with E-state index in [1.165, 1.54) is 41.3 Å². The Kier molecular flexibility index (Phi) is 7.06. The number of unbranched alkanes of at least 4 members (excludes halogenated alkanes) is 3. The Morgan fingerprint density at radius 3 is 2.75 bits per heavy atom. The molecule has 88 valence electrons. The van der Waals surface area contributed by atoms with Gasteiger partial charge >= 0.3 is 0 Å². The highest BCUT2D eigenvalue weighted by molar-refractivity contribution is 9.10. The maximum absolute atomic E-state index is 3.55.